The van der Waals surface area contributed by atoms with Gasteiger partial charge in [-0.25, -0.2) is 4.79 Å². The van der Waals surface area contributed by atoms with Gasteiger partial charge in [0, 0.05) is 19.1 Å². The first kappa shape index (κ1) is 17.8. The number of likely N-dealkylation sites (tertiary alicyclic amines) is 2. The number of piperidine rings is 2. The molecule has 136 valence electrons. The molecular formula is C20H28N2O3. The Balaban J connectivity index is 1.79. The molecule has 1 aromatic rings. The number of nitrogens with zero attached hydrogens (tertiary/aromatic N) is 2. The van der Waals surface area contributed by atoms with Crippen molar-refractivity contribution in [3.05, 3.63) is 35.9 Å². The Labute approximate surface area is 149 Å². The lowest BCUT2D eigenvalue weighted by Crippen LogP contribution is -2.51. The zero-order valence-electron chi connectivity index (χ0n) is 15.2. The summed E-state index contributed by atoms with van der Waals surface area (Å²) < 4.78 is 4.84. The molecule has 0 unspecified atom stereocenters. The Morgan fingerprint density at radius 2 is 1.84 bits per heavy atom. The average Bonchev–Trinajstić information content (AvgIpc) is 2.67. The van der Waals surface area contributed by atoms with Gasteiger partial charge in [0.1, 0.15) is 0 Å². The van der Waals surface area contributed by atoms with Crippen molar-refractivity contribution >= 4 is 12.0 Å². The quantitative estimate of drug-likeness (QED) is 0.823. The van der Waals surface area contributed by atoms with Gasteiger partial charge < -0.3 is 14.5 Å². The van der Waals surface area contributed by atoms with E-state index in [2.05, 4.69) is 24.0 Å². The van der Waals surface area contributed by atoms with Crippen LogP contribution in [0.15, 0.2) is 30.3 Å². The van der Waals surface area contributed by atoms with E-state index in [1.807, 2.05) is 18.2 Å². The van der Waals surface area contributed by atoms with Crippen molar-refractivity contribution in [3.8, 4) is 0 Å². The summed E-state index contributed by atoms with van der Waals surface area (Å²) >= 11 is 0. The molecule has 0 bridgehead atoms. The molecule has 0 aromatic heterocycles. The second-order valence-corrected chi connectivity index (χ2v) is 7.21. The molecule has 2 amide bonds. The molecule has 5 nitrogen and oxygen atoms in total. The maximum absolute atomic E-state index is 13.4. The minimum Gasteiger partial charge on any atom is -0.453 e. The third-order valence-electron chi connectivity index (χ3n) is 5.55. The van der Waals surface area contributed by atoms with Crippen molar-refractivity contribution < 1.29 is 14.3 Å². The molecule has 3 atom stereocenters. The van der Waals surface area contributed by atoms with Crippen LogP contribution >= 0.6 is 0 Å². The molecule has 3 rings (SSSR count). The first-order chi connectivity index (χ1) is 12.1. The van der Waals surface area contributed by atoms with Crippen LogP contribution in [0.25, 0.3) is 0 Å². The molecule has 0 saturated carbocycles. The molecule has 2 saturated heterocycles. The third kappa shape index (κ3) is 3.80. The van der Waals surface area contributed by atoms with Gasteiger partial charge in [-0.1, -0.05) is 30.3 Å². The highest BCUT2D eigenvalue weighted by Gasteiger charge is 2.38. The summed E-state index contributed by atoms with van der Waals surface area (Å²) in [5.41, 5.74) is 1.21. The molecular weight excluding hydrogens is 316 g/mol. The molecule has 0 N–H and O–H groups in total. The van der Waals surface area contributed by atoms with Crippen LogP contribution in [0, 0.1) is 5.92 Å². The summed E-state index contributed by atoms with van der Waals surface area (Å²) in [5, 5.41) is 0. The van der Waals surface area contributed by atoms with E-state index in [1.165, 1.54) is 12.7 Å². The van der Waals surface area contributed by atoms with Gasteiger partial charge in [-0.2, -0.15) is 0 Å². The second kappa shape index (κ2) is 7.89. The van der Waals surface area contributed by atoms with Crippen molar-refractivity contribution in [1.82, 2.24) is 9.80 Å². The van der Waals surface area contributed by atoms with Gasteiger partial charge in [0.2, 0.25) is 5.91 Å². The van der Waals surface area contributed by atoms with Crippen LogP contribution in [0.4, 0.5) is 4.79 Å². The minimum absolute atomic E-state index is 0.125. The molecule has 2 heterocycles. The van der Waals surface area contributed by atoms with Crippen LogP contribution in [-0.2, 0) is 9.53 Å². The predicted molar refractivity (Wildman–Crippen MR) is 96.0 cm³/mol. The summed E-state index contributed by atoms with van der Waals surface area (Å²) in [6.07, 6.45) is 4.56. The fourth-order valence-corrected chi connectivity index (χ4v) is 4.25. The maximum Gasteiger partial charge on any atom is 0.409 e. The Hall–Kier alpha value is -2.04. The van der Waals surface area contributed by atoms with Gasteiger partial charge in [-0.3, -0.25) is 4.79 Å². The molecule has 2 aliphatic heterocycles. The van der Waals surface area contributed by atoms with Gasteiger partial charge >= 0.3 is 6.09 Å². The van der Waals surface area contributed by atoms with Crippen LogP contribution in [0.5, 0.6) is 0 Å². The predicted octanol–water partition coefficient (Wildman–Crippen LogP) is 3.61. The summed E-state index contributed by atoms with van der Waals surface area (Å²) in [5.74, 6) is 0.0641. The summed E-state index contributed by atoms with van der Waals surface area (Å²) in [4.78, 5) is 28.9. The number of rotatable bonds is 2. The van der Waals surface area contributed by atoms with Crippen molar-refractivity contribution in [3.63, 3.8) is 0 Å². The lowest BCUT2D eigenvalue weighted by Gasteiger charge is -2.44. The van der Waals surface area contributed by atoms with E-state index < -0.39 is 0 Å². The normalized spacial score (nSPS) is 27.0. The summed E-state index contributed by atoms with van der Waals surface area (Å²) in [6, 6.07) is 10.7. The topological polar surface area (TPSA) is 49.9 Å². The average molecular weight is 344 g/mol. The number of ether oxygens (including phenoxy) is 1. The molecule has 2 aliphatic rings. The molecule has 2 fully saturated rings. The fourth-order valence-electron chi connectivity index (χ4n) is 4.25. The van der Waals surface area contributed by atoms with E-state index in [0.717, 1.165) is 32.1 Å². The first-order valence-electron chi connectivity index (χ1n) is 9.32. The van der Waals surface area contributed by atoms with Crippen molar-refractivity contribution in [2.75, 3.05) is 20.2 Å². The van der Waals surface area contributed by atoms with Crippen molar-refractivity contribution in [1.29, 1.82) is 0 Å². The third-order valence-corrected chi connectivity index (χ3v) is 5.55. The summed E-state index contributed by atoms with van der Waals surface area (Å²) in [6.45, 7) is 3.29. The number of amides is 2. The molecule has 1 aromatic carbocycles. The monoisotopic (exact) mass is 344 g/mol. The van der Waals surface area contributed by atoms with E-state index in [0.29, 0.717) is 13.1 Å². The molecule has 0 radical (unpaired) electrons. The largest absolute Gasteiger partial charge is 0.453 e. The van der Waals surface area contributed by atoms with Gasteiger partial charge in [-0.05, 0) is 44.6 Å². The van der Waals surface area contributed by atoms with Gasteiger partial charge in [-0.15, -0.1) is 0 Å². The van der Waals surface area contributed by atoms with E-state index >= 15 is 0 Å². The highest BCUT2D eigenvalue weighted by atomic mass is 16.5. The van der Waals surface area contributed by atoms with Gasteiger partial charge in [0.05, 0.1) is 19.1 Å². The maximum atomic E-state index is 13.4. The first-order valence-corrected chi connectivity index (χ1v) is 9.32. The Kier molecular flexibility index (Phi) is 5.61. The number of benzene rings is 1. The number of carbonyl (C=O) groups excluding carboxylic acids is 2. The second-order valence-electron chi connectivity index (χ2n) is 7.21. The minimum atomic E-state index is -0.330. The number of methoxy groups -OCH3 is 1. The zero-order valence-corrected chi connectivity index (χ0v) is 15.2. The van der Waals surface area contributed by atoms with Crippen molar-refractivity contribution in [2.45, 2.75) is 51.1 Å². The Morgan fingerprint density at radius 1 is 1.08 bits per heavy atom. The molecule has 0 spiro atoms. The lowest BCUT2D eigenvalue weighted by molar-refractivity contribution is -0.144. The van der Waals surface area contributed by atoms with Crippen molar-refractivity contribution in [2.24, 2.45) is 5.92 Å². The highest BCUT2D eigenvalue weighted by Crippen LogP contribution is 2.36. The van der Waals surface area contributed by atoms with E-state index in [4.69, 9.17) is 4.74 Å². The number of carbonyl (C=O) groups is 2. The van der Waals surface area contributed by atoms with Crippen LogP contribution in [-0.4, -0.2) is 48.0 Å². The summed E-state index contributed by atoms with van der Waals surface area (Å²) in [7, 11) is 1.39. The lowest BCUT2D eigenvalue weighted by atomic mass is 9.88. The molecule has 5 heteroatoms. The van der Waals surface area contributed by atoms with Gasteiger partial charge in [0.25, 0.3) is 0 Å². The Bertz CT molecular complexity index is 604. The molecule has 0 aliphatic carbocycles. The SMILES string of the molecule is COC(=O)N1CCC[C@H](C(=O)N2[C@@H](C)CCC[C@H]2c2ccccc2)C1. The van der Waals surface area contributed by atoms with Gasteiger partial charge in [0.15, 0.2) is 0 Å². The molecule has 25 heavy (non-hydrogen) atoms. The van der Waals surface area contributed by atoms with Crippen LogP contribution in [0.2, 0.25) is 0 Å². The van der Waals surface area contributed by atoms with E-state index in [-0.39, 0.29) is 30.0 Å². The smallest absolute Gasteiger partial charge is 0.409 e. The van der Waals surface area contributed by atoms with Crippen LogP contribution < -0.4 is 0 Å². The van der Waals surface area contributed by atoms with E-state index in [9.17, 15) is 9.59 Å². The Morgan fingerprint density at radius 3 is 2.56 bits per heavy atom. The highest BCUT2D eigenvalue weighted by molar-refractivity contribution is 5.81. The van der Waals surface area contributed by atoms with E-state index in [1.54, 1.807) is 4.90 Å². The standard InChI is InChI=1S/C20H28N2O3/c1-15-8-6-12-18(16-9-4-3-5-10-16)22(15)19(23)17-11-7-13-21(14-17)20(24)25-2/h3-5,9-10,15,17-18H,6-8,11-14H2,1-2H3/t15-,17-,18-/m0/s1. The van der Waals surface area contributed by atoms with Crippen LogP contribution in [0.1, 0.15) is 50.6 Å². The fraction of sp³-hybridized carbons (Fsp3) is 0.600. The zero-order chi connectivity index (χ0) is 17.8. The number of hydrogen-bond acceptors (Lipinski definition) is 3. The van der Waals surface area contributed by atoms with Crippen LogP contribution in [0.3, 0.4) is 0 Å². The number of hydrogen-bond donors (Lipinski definition) is 0.